The van der Waals surface area contributed by atoms with Gasteiger partial charge in [0.15, 0.2) is 5.60 Å². The van der Waals surface area contributed by atoms with Crippen LogP contribution in [0.5, 0.6) is 5.75 Å². The van der Waals surface area contributed by atoms with E-state index in [1.165, 1.54) is 19.5 Å². The number of nitrogens with one attached hydrogen (secondary N) is 1. The molecule has 3 atom stereocenters. The fourth-order valence-electron chi connectivity index (χ4n) is 3.73. The first-order valence-corrected chi connectivity index (χ1v) is 9.68. The van der Waals surface area contributed by atoms with Gasteiger partial charge in [0.25, 0.3) is 0 Å². The van der Waals surface area contributed by atoms with Crippen LogP contribution >= 0.6 is 0 Å². The number of carbonyl (C=O) groups excluding carboxylic acids is 1. The number of aliphatic hydroxyl groups is 1. The Morgan fingerprint density at radius 1 is 1.10 bits per heavy atom. The highest BCUT2D eigenvalue weighted by Crippen LogP contribution is 2.44. The number of likely N-dealkylation sites (tertiary alicyclic amines) is 1. The minimum atomic E-state index is -2.66. The molecule has 1 aliphatic carbocycles. The molecule has 1 saturated heterocycles. The number of hydrogen-bond acceptors (Lipinski definition) is 6. The number of benzene rings is 1. The first-order chi connectivity index (χ1) is 13.7. The van der Waals surface area contributed by atoms with Crippen molar-refractivity contribution in [2.45, 2.75) is 31.3 Å². The van der Waals surface area contributed by atoms with Gasteiger partial charge in [-0.05, 0) is 48.9 Å². The summed E-state index contributed by atoms with van der Waals surface area (Å²) in [6.07, 6.45) is 0.396. The van der Waals surface area contributed by atoms with Crippen LogP contribution in [0.25, 0.3) is 0 Å². The van der Waals surface area contributed by atoms with Gasteiger partial charge in [0.1, 0.15) is 5.75 Å². The third-order valence-corrected chi connectivity index (χ3v) is 5.37. The quantitative estimate of drug-likeness (QED) is 0.400. The smallest absolute Gasteiger partial charge is 0.336 e. The van der Waals surface area contributed by atoms with E-state index in [0.717, 1.165) is 24.8 Å². The molecule has 0 spiro atoms. The Balaban J connectivity index is 1.40. The minimum Gasteiger partial charge on any atom is -0.494 e. The lowest BCUT2D eigenvalue weighted by Crippen LogP contribution is -2.43. The standard InChI is InChI=1S/C20H26N2O7/c23-17(9-20(28,19(26)27)10-18(24)25)21-15-2-4-16(5-3-15)29-7-1-6-22-11-13-8-14(13)12-22/h2-5,13-14,28H,1,6-12H2,(H,21,23)(H,24,25)(H,26,27)/t13-,14+,20?. The second kappa shape index (κ2) is 8.79. The van der Waals surface area contributed by atoms with Crippen molar-refractivity contribution >= 4 is 23.5 Å². The maximum Gasteiger partial charge on any atom is 0.336 e. The van der Waals surface area contributed by atoms with Crippen molar-refractivity contribution in [2.75, 3.05) is 31.6 Å². The summed E-state index contributed by atoms with van der Waals surface area (Å²) in [5.74, 6) is -1.56. The van der Waals surface area contributed by atoms with Crippen LogP contribution in [0.2, 0.25) is 0 Å². The monoisotopic (exact) mass is 406 g/mol. The summed E-state index contributed by atoms with van der Waals surface area (Å²) in [6.45, 7) is 4.05. The Bertz CT molecular complexity index is 757. The molecular formula is C20H26N2O7. The van der Waals surface area contributed by atoms with Crippen LogP contribution in [0.15, 0.2) is 24.3 Å². The Labute approximate surface area is 168 Å². The number of carboxylic acid groups (broad SMARTS) is 2. The van der Waals surface area contributed by atoms with E-state index in [9.17, 15) is 19.5 Å². The molecule has 158 valence electrons. The zero-order valence-corrected chi connectivity index (χ0v) is 16.0. The highest BCUT2D eigenvalue weighted by molar-refractivity contribution is 5.96. The number of fused-ring (bicyclic) bond motifs is 1. The van der Waals surface area contributed by atoms with Crippen molar-refractivity contribution in [3.8, 4) is 5.75 Å². The van der Waals surface area contributed by atoms with Gasteiger partial charge >= 0.3 is 11.9 Å². The SMILES string of the molecule is O=C(O)CC(O)(CC(=O)Nc1ccc(OCCCN2C[C@H]3C[C@H]3C2)cc1)C(=O)O. The number of anilines is 1. The number of carboxylic acids is 2. The molecule has 1 heterocycles. The molecule has 9 nitrogen and oxygen atoms in total. The summed E-state index contributed by atoms with van der Waals surface area (Å²) in [5.41, 5.74) is -2.27. The Morgan fingerprint density at radius 2 is 1.76 bits per heavy atom. The number of ether oxygens (including phenoxy) is 1. The van der Waals surface area contributed by atoms with Crippen LogP contribution in [0.4, 0.5) is 5.69 Å². The molecule has 1 aliphatic heterocycles. The van der Waals surface area contributed by atoms with Gasteiger partial charge in [-0.2, -0.15) is 0 Å². The molecule has 3 rings (SSSR count). The van der Waals surface area contributed by atoms with Crippen molar-refractivity contribution in [3.05, 3.63) is 24.3 Å². The molecular weight excluding hydrogens is 380 g/mol. The van der Waals surface area contributed by atoms with E-state index in [2.05, 4.69) is 10.2 Å². The van der Waals surface area contributed by atoms with Crippen LogP contribution in [0.1, 0.15) is 25.7 Å². The molecule has 2 fully saturated rings. The van der Waals surface area contributed by atoms with Crippen molar-refractivity contribution in [1.82, 2.24) is 4.90 Å². The first-order valence-electron chi connectivity index (χ1n) is 9.68. The molecule has 1 aromatic rings. The zero-order chi connectivity index (χ0) is 21.0. The van der Waals surface area contributed by atoms with Gasteiger partial charge in [-0.1, -0.05) is 0 Å². The maximum absolute atomic E-state index is 12.0. The van der Waals surface area contributed by atoms with Gasteiger partial charge in [0, 0.05) is 25.3 Å². The van der Waals surface area contributed by atoms with Crippen molar-refractivity contribution in [3.63, 3.8) is 0 Å². The fourth-order valence-corrected chi connectivity index (χ4v) is 3.73. The van der Waals surface area contributed by atoms with E-state index >= 15 is 0 Å². The maximum atomic E-state index is 12.0. The second-order valence-corrected chi connectivity index (χ2v) is 7.87. The highest BCUT2D eigenvalue weighted by Gasteiger charge is 2.44. The number of hydrogen-bond donors (Lipinski definition) is 4. The Morgan fingerprint density at radius 3 is 2.34 bits per heavy atom. The average Bonchev–Trinajstić information content (AvgIpc) is 3.25. The third kappa shape index (κ3) is 5.91. The van der Waals surface area contributed by atoms with Gasteiger partial charge in [-0.3, -0.25) is 9.59 Å². The van der Waals surface area contributed by atoms with Crippen LogP contribution < -0.4 is 10.1 Å². The summed E-state index contributed by atoms with van der Waals surface area (Å²) < 4.78 is 5.70. The molecule has 29 heavy (non-hydrogen) atoms. The number of amides is 1. The molecule has 0 radical (unpaired) electrons. The summed E-state index contributed by atoms with van der Waals surface area (Å²) in [7, 11) is 0. The summed E-state index contributed by atoms with van der Waals surface area (Å²) in [4.78, 5) is 36.3. The topological polar surface area (TPSA) is 136 Å². The number of rotatable bonds is 11. The largest absolute Gasteiger partial charge is 0.494 e. The van der Waals surface area contributed by atoms with Gasteiger partial charge in [0.2, 0.25) is 5.91 Å². The van der Waals surface area contributed by atoms with E-state index in [4.69, 9.17) is 14.9 Å². The lowest BCUT2D eigenvalue weighted by atomic mass is 9.95. The highest BCUT2D eigenvalue weighted by atomic mass is 16.5. The van der Waals surface area contributed by atoms with Crippen LogP contribution in [0, 0.1) is 11.8 Å². The minimum absolute atomic E-state index is 0.390. The van der Waals surface area contributed by atoms with E-state index in [1.807, 2.05) is 0 Å². The van der Waals surface area contributed by atoms with Gasteiger partial charge in [-0.25, -0.2) is 4.79 Å². The van der Waals surface area contributed by atoms with Crippen molar-refractivity contribution in [1.29, 1.82) is 0 Å². The molecule has 9 heteroatoms. The first kappa shape index (κ1) is 21.1. The summed E-state index contributed by atoms with van der Waals surface area (Å²) in [5, 5.41) is 30.1. The molecule has 4 N–H and O–H groups in total. The average molecular weight is 406 g/mol. The van der Waals surface area contributed by atoms with Crippen molar-refractivity contribution in [2.24, 2.45) is 11.8 Å². The van der Waals surface area contributed by atoms with E-state index in [0.29, 0.717) is 18.0 Å². The van der Waals surface area contributed by atoms with Crippen molar-refractivity contribution < 1.29 is 34.4 Å². The molecule has 2 aliphatic rings. The summed E-state index contributed by atoms with van der Waals surface area (Å²) >= 11 is 0. The molecule has 1 saturated carbocycles. The molecule has 1 aromatic carbocycles. The predicted octanol–water partition coefficient (Wildman–Crippen LogP) is 1.03. The van der Waals surface area contributed by atoms with E-state index < -0.39 is 36.3 Å². The van der Waals surface area contributed by atoms with Gasteiger partial charge < -0.3 is 30.3 Å². The predicted molar refractivity (Wildman–Crippen MR) is 103 cm³/mol. The normalized spacial score (nSPS) is 22.4. The zero-order valence-electron chi connectivity index (χ0n) is 16.0. The molecule has 1 amide bonds. The lowest BCUT2D eigenvalue weighted by Gasteiger charge is -2.20. The van der Waals surface area contributed by atoms with Crippen LogP contribution in [-0.4, -0.2) is 69.9 Å². The molecule has 1 unspecified atom stereocenters. The number of aliphatic carboxylic acids is 2. The summed E-state index contributed by atoms with van der Waals surface area (Å²) in [6, 6.07) is 6.55. The molecule has 0 bridgehead atoms. The lowest BCUT2D eigenvalue weighted by molar-refractivity contribution is -0.167. The van der Waals surface area contributed by atoms with Gasteiger partial charge in [-0.15, -0.1) is 0 Å². The Kier molecular flexibility index (Phi) is 6.39. The Hall–Kier alpha value is -2.65. The van der Waals surface area contributed by atoms with Crippen LogP contribution in [-0.2, 0) is 14.4 Å². The fraction of sp³-hybridized carbons (Fsp3) is 0.550. The van der Waals surface area contributed by atoms with Crippen LogP contribution in [0.3, 0.4) is 0 Å². The van der Waals surface area contributed by atoms with E-state index in [1.54, 1.807) is 24.3 Å². The molecule has 0 aromatic heterocycles. The second-order valence-electron chi connectivity index (χ2n) is 7.87. The number of piperidine rings is 1. The van der Waals surface area contributed by atoms with E-state index in [-0.39, 0.29) is 0 Å². The number of carbonyl (C=O) groups is 3. The third-order valence-electron chi connectivity index (χ3n) is 5.37. The number of nitrogens with zero attached hydrogens (tertiary/aromatic N) is 1. The van der Waals surface area contributed by atoms with Gasteiger partial charge in [0.05, 0.1) is 19.4 Å².